The second-order valence-corrected chi connectivity index (χ2v) is 5.30. The van der Waals surface area contributed by atoms with E-state index in [2.05, 4.69) is 15.0 Å². The summed E-state index contributed by atoms with van der Waals surface area (Å²) in [6.07, 6.45) is -3.72. The molecule has 1 aromatic heterocycles. The van der Waals surface area contributed by atoms with Gasteiger partial charge in [-0.15, -0.1) is 13.2 Å². The molecule has 0 fully saturated rings. The Kier molecular flexibility index (Phi) is 4.61. The van der Waals surface area contributed by atoms with E-state index in [4.69, 9.17) is 0 Å². The predicted octanol–water partition coefficient (Wildman–Crippen LogP) is 2.93. The Labute approximate surface area is 144 Å². The number of nitrogens with zero attached hydrogens (tertiary/aromatic N) is 2. The van der Waals surface area contributed by atoms with Crippen LogP contribution in [-0.2, 0) is 11.3 Å². The predicted molar refractivity (Wildman–Crippen MR) is 87.8 cm³/mol. The summed E-state index contributed by atoms with van der Waals surface area (Å²) in [6, 6.07) is 11.7. The monoisotopic (exact) mass is 363 g/mol. The molecular formula is C17H12F3N3O3. The van der Waals surface area contributed by atoms with Crippen LogP contribution in [0.5, 0.6) is 5.75 Å². The summed E-state index contributed by atoms with van der Waals surface area (Å²) in [6.45, 7) is -0.313. The van der Waals surface area contributed by atoms with E-state index in [-0.39, 0.29) is 12.2 Å². The van der Waals surface area contributed by atoms with Gasteiger partial charge in [0.1, 0.15) is 12.3 Å². The van der Waals surface area contributed by atoms with Gasteiger partial charge >= 0.3 is 6.36 Å². The normalized spacial score (nSPS) is 11.3. The number of hydrogen-bond acceptors (Lipinski definition) is 4. The molecule has 2 aromatic carbocycles. The number of alkyl halides is 3. The minimum absolute atomic E-state index is 0.114. The van der Waals surface area contributed by atoms with Gasteiger partial charge in [0.15, 0.2) is 0 Å². The number of para-hydroxylation sites is 2. The van der Waals surface area contributed by atoms with E-state index >= 15 is 0 Å². The molecule has 0 saturated carbocycles. The Morgan fingerprint density at radius 3 is 2.69 bits per heavy atom. The maximum absolute atomic E-state index is 12.3. The zero-order valence-electron chi connectivity index (χ0n) is 13.2. The molecule has 0 saturated heterocycles. The number of aromatic nitrogens is 2. The molecule has 0 aliphatic rings. The maximum atomic E-state index is 12.3. The van der Waals surface area contributed by atoms with Gasteiger partial charge in [0.2, 0.25) is 5.91 Å². The number of ether oxygens (including phenoxy) is 1. The molecule has 9 heteroatoms. The first-order valence-electron chi connectivity index (χ1n) is 7.42. The highest BCUT2D eigenvalue weighted by Crippen LogP contribution is 2.25. The molecule has 0 radical (unpaired) electrons. The molecule has 0 bridgehead atoms. The highest BCUT2D eigenvalue weighted by atomic mass is 19.4. The van der Waals surface area contributed by atoms with Crippen LogP contribution < -0.4 is 15.6 Å². The van der Waals surface area contributed by atoms with Crippen molar-refractivity contribution in [3.8, 4) is 5.75 Å². The Morgan fingerprint density at radius 2 is 1.92 bits per heavy atom. The van der Waals surface area contributed by atoms with Crippen molar-refractivity contribution >= 4 is 22.6 Å². The van der Waals surface area contributed by atoms with Crippen molar-refractivity contribution in [2.75, 3.05) is 5.32 Å². The largest absolute Gasteiger partial charge is 0.573 e. The van der Waals surface area contributed by atoms with Crippen LogP contribution in [-0.4, -0.2) is 21.8 Å². The second kappa shape index (κ2) is 6.87. The van der Waals surface area contributed by atoms with Gasteiger partial charge in [0.05, 0.1) is 17.2 Å². The fraction of sp³-hybridized carbons (Fsp3) is 0.118. The smallest absolute Gasteiger partial charge is 0.406 e. The minimum atomic E-state index is -4.83. The van der Waals surface area contributed by atoms with Crippen LogP contribution in [0.4, 0.5) is 18.9 Å². The molecule has 134 valence electrons. The Hall–Kier alpha value is -3.36. The molecule has 6 nitrogen and oxygen atoms in total. The van der Waals surface area contributed by atoms with Crippen molar-refractivity contribution < 1.29 is 22.7 Å². The average Bonchev–Trinajstić information content (AvgIpc) is 2.56. The third-order valence-corrected chi connectivity index (χ3v) is 3.41. The molecule has 0 aliphatic heterocycles. The van der Waals surface area contributed by atoms with E-state index in [0.717, 1.165) is 18.3 Å². The van der Waals surface area contributed by atoms with Crippen molar-refractivity contribution in [1.82, 2.24) is 9.55 Å². The van der Waals surface area contributed by atoms with E-state index in [9.17, 15) is 22.8 Å². The van der Waals surface area contributed by atoms with E-state index in [1.54, 1.807) is 24.3 Å². The number of nitrogens with one attached hydrogen (secondary N) is 1. The van der Waals surface area contributed by atoms with E-state index in [1.807, 2.05) is 0 Å². The van der Waals surface area contributed by atoms with Crippen LogP contribution in [0, 0.1) is 0 Å². The van der Waals surface area contributed by atoms with E-state index < -0.39 is 23.6 Å². The van der Waals surface area contributed by atoms with Crippen LogP contribution in [0.2, 0.25) is 0 Å². The minimum Gasteiger partial charge on any atom is -0.406 e. The van der Waals surface area contributed by atoms with E-state index in [0.29, 0.717) is 11.0 Å². The van der Waals surface area contributed by atoms with Crippen LogP contribution in [0.15, 0.2) is 59.5 Å². The number of hydrogen-bond donors (Lipinski definition) is 1. The van der Waals surface area contributed by atoms with Gasteiger partial charge in [-0.1, -0.05) is 18.2 Å². The second-order valence-electron chi connectivity index (χ2n) is 5.30. The molecule has 0 spiro atoms. The van der Waals surface area contributed by atoms with Gasteiger partial charge in [-0.05, 0) is 24.3 Å². The van der Waals surface area contributed by atoms with Gasteiger partial charge in [0, 0.05) is 11.8 Å². The average molecular weight is 363 g/mol. The van der Waals surface area contributed by atoms with Gasteiger partial charge < -0.3 is 10.1 Å². The Balaban J connectivity index is 1.79. The first-order chi connectivity index (χ1) is 12.3. The zero-order chi connectivity index (χ0) is 18.7. The summed E-state index contributed by atoms with van der Waals surface area (Å²) < 4.78 is 41.8. The summed E-state index contributed by atoms with van der Waals surface area (Å²) in [5.41, 5.74) is 0.668. The van der Waals surface area contributed by atoms with Crippen LogP contribution in [0.25, 0.3) is 11.0 Å². The summed E-state index contributed by atoms with van der Waals surface area (Å²) in [4.78, 5) is 28.2. The van der Waals surface area contributed by atoms with Gasteiger partial charge in [-0.25, -0.2) is 4.98 Å². The molecule has 0 atom stereocenters. The topological polar surface area (TPSA) is 73.2 Å². The number of carbonyl (C=O) groups is 1. The molecule has 0 aliphatic carbocycles. The standard InChI is InChI=1S/C17H12F3N3O3/c18-17(19,20)26-12-5-3-4-11(8-12)22-15(24)10-23-14-7-2-1-6-13(14)21-9-16(23)25/h1-9H,10H2,(H,22,24). The number of halogens is 3. The fourth-order valence-corrected chi connectivity index (χ4v) is 2.39. The Bertz CT molecular complexity index is 1020. The maximum Gasteiger partial charge on any atom is 0.573 e. The SMILES string of the molecule is O=C(Cn1c(=O)cnc2ccccc21)Nc1cccc(OC(F)(F)F)c1. The quantitative estimate of drug-likeness (QED) is 0.774. The van der Waals surface area contributed by atoms with Crippen LogP contribution in [0.3, 0.4) is 0 Å². The van der Waals surface area contributed by atoms with Crippen molar-refractivity contribution in [3.63, 3.8) is 0 Å². The van der Waals surface area contributed by atoms with Gasteiger partial charge in [-0.3, -0.25) is 14.2 Å². The number of fused-ring (bicyclic) bond motifs is 1. The van der Waals surface area contributed by atoms with Crippen molar-refractivity contribution in [1.29, 1.82) is 0 Å². The lowest BCUT2D eigenvalue weighted by atomic mass is 10.3. The number of anilines is 1. The molecule has 26 heavy (non-hydrogen) atoms. The third kappa shape index (κ3) is 4.18. The van der Waals surface area contributed by atoms with Crippen molar-refractivity contribution in [2.45, 2.75) is 12.9 Å². The molecular weight excluding hydrogens is 351 g/mol. The third-order valence-electron chi connectivity index (χ3n) is 3.41. The molecule has 1 heterocycles. The fourth-order valence-electron chi connectivity index (χ4n) is 2.39. The lowest BCUT2D eigenvalue weighted by molar-refractivity contribution is -0.274. The summed E-state index contributed by atoms with van der Waals surface area (Å²) in [7, 11) is 0. The van der Waals surface area contributed by atoms with E-state index in [1.165, 1.54) is 16.7 Å². The molecule has 1 amide bonds. The highest BCUT2D eigenvalue weighted by molar-refractivity contribution is 5.91. The first kappa shape index (κ1) is 17.5. The molecule has 3 rings (SSSR count). The summed E-state index contributed by atoms with van der Waals surface area (Å²) >= 11 is 0. The van der Waals surface area contributed by atoms with Crippen LogP contribution in [0.1, 0.15) is 0 Å². The highest BCUT2D eigenvalue weighted by Gasteiger charge is 2.31. The lowest BCUT2D eigenvalue weighted by Crippen LogP contribution is -2.28. The summed E-state index contributed by atoms with van der Waals surface area (Å²) in [5, 5.41) is 2.44. The number of benzene rings is 2. The van der Waals surface area contributed by atoms with Crippen molar-refractivity contribution in [3.05, 3.63) is 65.1 Å². The first-order valence-corrected chi connectivity index (χ1v) is 7.42. The number of amides is 1. The number of carbonyl (C=O) groups excluding carboxylic acids is 1. The van der Waals surface area contributed by atoms with Gasteiger partial charge in [-0.2, -0.15) is 0 Å². The van der Waals surface area contributed by atoms with Gasteiger partial charge in [0.25, 0.3) is 5.56 Å². The summed E-state index contributed by atoms with van der Waals surface area (Å²) in [5.74, 6) is -1.03. The molecule has 0 unspecified atom stereocenters. The zero-order valence-corrected chi connectivity index (χ0v) is 13.2. The number of rotatable bonds is 4. The molecule has 1 N–H and O–H groups in total. The lowest BCUT2D eigenvalue weighted by Gasteiger charge is -2.12. The molecule has 3 aromatic rings. The van der Waals surface area contributed by atoms with Crippen LogP contribution >= 0.6 is 0 Å². The van der Waals surface area contributed by atoms with Crippen molar-refractivity contribution in [2.24, 2.45) is 0 Å². The Morgan fingerprint density at radius 1 is 1.15 bits per heavy atom.